The van der Waals surface area contributed by atoms with Gasteiger partial charge in [-0.25, -0.2) is 9.78 Å². The Kier molecular flexibility index (Phi) is 12.2. The lowest BCUT2D eigenvalue weighted by Gasteiger charge is -2.21. The minimum atomic E-state index is -0.531. The van der Waals surface area contributed by atoms with E-state index in [0.717, 1.165) is 32.1 Å². The zero-order valence-electron chi connectivity index (χ0n) is 17.3. The summed E-state index contributed by atoms with van der Waals surface area (Å²) in [5, 5.41) is 0. The van der Waals surface area contributed by atoms with Crippen LogP contribution in [0, 0.1) is 0 Å². The van der Waals surface area contributed by atoms with Gasteiger partial charge in [-0.2, -0.15) is 0 Å². The molecule has 0 spiro atoms. The summed E-state index contributed by atoms with van der Waals surface area (Å²) < 4.78 is 9.99. The molecule has 1 aromatic rings. The Bertz CT molecular complexity index is 542. The molecule has 6 heteroatoms. The molecule has 0 aliphatic heterocycles. The predicted molar refractivity (Wildman–Crippen MR) is 105 cm³/mol. The Labute approximate surface area is 163 Å². The molecule has 6 nitrogen and oxygen atoms in total. The minimum Gasteiger partial charge on any atom is -0.464 e. The van der Waals surface area contributed by atoms with E-state index in [0.29, 0.717) is 25.4 Å². The van der Waals surface area contributed by atoms with Crippen LogP contribution < -0.4 is 0 Å². The quantitative estimate of drug-likeness (QED) is 0.312. The summed E-state index contributed by atoms with van der Waals surface area (Å²) in [6, 6.07) is 0. The molecule has 154 valence electrons. The Hall–Kier alpha value is -1.85. The molecule has 27 heavy (non-hydrogen) atoms. The fourth-order valence-corrected chi connectivity index (χ4v) is 2.98. The van der Waals surface area contributed by atoms with E-state index in [-0.39, 0.29) is 11.6 Å². The number of aromatic nitrogens is 1. The maximum Gasteiger partial charge on any atom is 0.360 e. The number of ether oxygens (including phenoxy) is 1. The van der Waals surface area contributed by atoms with Crippen LogP contribution in [0.4, 0.5) is 0 Å². The number of rotatable bonds is 15. The zero-order valence-corrected chi connectivity index (χ0v) is 17.3. The Morgan fingerprint density at radius 1 is 1.00 bits per heavy atom. The summed E-state index contributed by atoms with van der Waals surface area (Å²) in [4.78, 5) is 30.1. The highest BCUT2D eigenvalue weighted by Gasteiger charge is 2.18. The van der Waals surface area contributed by atoms with Crippen LogP contribution >= 0.6 is 0 Å². The fraction of sp³-hybridized carbons (Fsp3) is 0.762. The molecule has 1 aromatic heterocycles. The Balaban J connectivity index is 2.48. The van der Waals surface area contributed by atoms with Crippen LogP contribution in [-0.2, 0) is 16.1 Å². The van der Waals surface area contributed by atoms with Crippen LogP contribution in [0.5, 0.6) is 0 Å². The molecular weight excluding hydrogens is 344 g/mol. The van der Waals surface area contributed by atoms with Gasteiger partial charge in [0.15, 0.2) is 5.69 Å². The largest absolute Gasteiger partial charge is 0.464 e. The van der Waals surface area contributed by atoms with Gasteiger partial charge in [0.25, 0.3) is 0 Å². The lowest BCUT2D eigenvalue weighted by atomic mass is 10.1. The monoisotopic (exact) mass is 380 g/mol. The Morgan fingerprint density at radius 3 is 2.30 bits per heavy atom. The number of methoxy groups -OCH3 is 1. The lowest BCUT2D eigenvalue weighted by molar-refractivity contribution is -0.132. The number of nitrogens with zero attached hydrogens (tertiary/aromatic N) is 2. The average molecular weight is 381 g/mol. The molecule has 0 aliphatic rings. The first-order valence-electron chi connectivity index (χ1n) is 10.4. The number of hydrogen-bond donors (Lipinski definition) is 0. The van der Waals surface area contributed by atoms with Gasteiger partial charge in [0.1, 0.15) is 6.26 Å². The molecule has 0 saturated heterocycles. The van der Waals surface area contributed by atoms with Crippen LogP contribution in [0.1, 0.15) is 101 Å². The van der Waals surface area contributed by atoms with E-state index in [4.69, 9.17) is 4.42 Å². The highest BCUT2D eigenvalue weighted by molar-refractivity contribution is 5.86. The third-order valence-electron chi connectivity index (χ3n) is 4.65. The molecular formula is C21H36N2O4. The number of amides is 1. The van der Waals surface area contributed by atoms with Gasteiger partial charge in [-0.15, -0.1) is 0 Å². The molecule has 0 saturated carbocycles. The van der Waals surface area contributed by atoms with Crippen molar-refractivity contribution in [3.05, 3.63) is 17.8 Å². The van der Waals surface area contributed by atoms with E-state index in [9.17, 15) is 9.59 Å². The van der Waals surface area contributed by atoms with Gasteiger partial charge >= 0.3 is 5.97 Å². The number of carbonyl (C=O) groups is 2. The van der Waals surface area contributed by atoms with E-state index in [1.165, 1.54) is 45.5 Å². The van der Waals surface area contributed by atoms with E-state index >= 15 is 0 Å². The van der Waals surface area contributed by atoms with Gasteiger partial charge in [0.05, 0.1) is 13.7 Å². The van der Waals surface area contributed by atoms with Crippen molar-refractivity contribution in [2.75, 3.05) is 13.7 Å². The highest BCUT2D eigenvalue weighted by atomic mass is 16.5. The van der Waals surface area contributed by atoms with E-state index in [1.807, 2.05) is 0 Å². The van der Waals surface area contributed by atoms with Gasteiger partial charge in [0, 0.05) is 13.0 Å². The molecule has 0 N–H and O–H groups in total. The minimum absolute atomic E-state index is 0.137. The summed E-state index contributed by atoms with van der Waals surface area (Å²) in [5.41, 5.74) is 0.139. The summed E-state index contributed by atoms with van der Waals surface area (Å²) in [6.45, 7) is 5.35. The second-order valence-corrected chi connectivity index (χ2v) is 7.01. The van der Waals surface area contributed by atoms with Crippen molar-refractivity contribution < 1.29 is 18.7 Å². The normalized spacial score (nSPS) is 10.8. The SMILES string of the molecule is CCCCCCCCCC(=O)N(CCCCC)Cc1nc(C(=O)OC)co1. The third kappa shape index (κ3) is 9.59. The van der Waals surface area contributed by atoms with Crippen LogP contribution in [0.3, 0.4) is 0 Å². The van der Waals surface area contributed by atoms with E-state index in [2.05, 4.69) is 23.6 Å². The third-order valence-corrected chi connectivity index (χ3v) is 4.65. The first-order valence-corrected chi connectivity index (χ1v) is 10.4. The second kappa shape index (κ2) is 14.2. The number of carbonyl (C=O) groups excluding carboxylic acids is 2. The predicted octanol–water partition coefficient (Wildman–Crippen LogP) is 5.12. The Morgan fingerprint density at radius 2 is 1.63 bits per heavy atom. The van der Waals surface area contributed by atoms with Crippen molar-refractivity contribution in [2.24, 2.45) is 0 Å². The summed E-state index contributed by atoms with van der Waals surface area (Å²) in [7, 11) is 1.31. The standard InChI is InChI=1S/C21H36N2O4/c1-4-6-8-9-10-11-12-14-20(24)23(15-13-7-5-2)16-19-22-18(17-27-19)21(25)26-3/h17H,4-16H2,1-3H3. The molecule has 0 unspecified atom stereocenters. The maximum absolute atomic E-state index is 12.6. The second-order valence-electron chi connectivity index (χ2n) is 7.01. The maximum atomic E-state index is 12.6. The van der Waals surface area contributed by atoms with Crippen molar-refractivity contribution in [3.63, 3.8) is 0 Å². The van der Waals surface area contributed by atoms with Crippen molar-refractivity contribution >= 4 is 11.9 Å². The first-order chi connectivity index (χ1) is 13.1. The van der Waals surface area contributed by atoms with Gasteiger partial charge in [-0.1, -0.05) is 65.2 Å². The molecule has 0 radical (unpaired) electrons. The number of oxazole rings is 1. The highest BCUT2D eigenvalue weighted by Crippen LogP contribution is 2.13. The van der Waals surface area contributed by atoms with Crippen LogP contribution in [0.2, 0.25) is 0 Å². The van der Waals surface area contributed by atoms with Gasteiger partial charge in [-0.3, -0.25) is 4.79 Å². The zero-order chi connectivity index (χ0) is 19.9. The van der Waals surface area contributed by atoms with Crippen LogP contribution in [0.25, 0.3) is 0 Å². The van der Waals surface area contributed by atoms with Crippen molar-refractivity contribution in [3.8, 4) is 0 Å². The van der Waals surface area contributed by atoms with Crippen molar-refractivity contribution in [2.45, 2.75) is 91.0 Å². The topological polar surface area (TPSA) is 72.6 Å². The molecule has 1 rings (SSSR count). The fourth-order valence-electron chi connectivity index (χ4n) is 2.98. The summed E-state index contributed by atoms with van der Waals surface area (Å²) in [5.74, 6) is -0.0192. The van der Waals surface area contributed by atoms with Gasteiger partial charge in [0.2, 0.25) is 11.8 Å². The molecule has 0 bridgehead atoms. The molecule has 1 amide bonds. The smallest absolute Gasteiger partial charge is 0.360 e. The molecule has 0 aromatic carbocycles. The molecule has 1 heterocycles. The molecule has 0 atom stereocenters. The molecule has 0 aliphatic carbocycles. The number of esters is 1. The first kappa shape index (κ1) is 23.2. The van der Waals surface area contributed by atoms with E-state index in [1.54, 1.807) is 4.90 Å². The van der Waals surface area contributed by atoms with Gasteiger partial charge in [-0.05, 0) is 12.8 Å². The molecule has 0 fully saturated rings. The van der Waals surface area contributed by atoms with Crippen molar-refractivity contribution in [1.82, 2.24) is 9.88 Å². The number of unbranched alkanes of at least 4 members (excludes halogenated alkanes) is 8. The van der Waals surface area contributed by atoms with Crippen molar-refractivity contribution in [1.29, 1.82) is 0 Å². The summed E-state index contributed by atoms with van der Waals surface area (Å²) in [6.07, 6.45) is 13.3. The van der Waals surface area contributed by atoms with E-state index < -0.39 is 5.97 Å². The summed E-state index contributed by atoms with van der Waals surface area (Å²) >= 11 is 0. The number of hydrogen-bond acceptors (Lipinski definition) is 5. The lowest BCUT2D eigenvalue weighted by Crippen LogP contribution is -2.31. The van der Waals surface area contributed by atoms with Gasteiger partial charge < -0.3 is 14.1 Å². The van der Waals surface area contributed by atoms with Crippen LogP contribution in [0.15, 0.2) is 10.7 Å². The van der Waals surface area contributed by atoms with Crippen LogP contribution in [-0.4, -0.2) is 35.4 Å². The average Bonchev–Trinajstić information content (AvgIpc) is 3.14.